The van der Waals surface area contributed by atoms with E-state index in [-0.39, 0.29) is 12.2 Å². The first kappa shape index (κ1) is 16.4. The van der Waals surface area contributed by atoms with Gasteiger partial charge in [0.05, 0.1) is 11.6 Å². The van der Waals surface area contributed by atoms with Gasteiger partial charge in [-0.15, -0.1) is 0 Å². The number of halogens is 1. The molecule has 1 atom stereocenters. The van der Waals surface area contributed by atoms with Crippen LogP contribution in [0.2, 0.25) is 0 Å². The molecule has 2 N–H and O–H groups in total. The van der Waals surface area contributed by atoms with Gasteiger partial charge in [-0.05, 0) is 30.9 Å². The van der Waals surface area contributed by atoms with E-state index in [0.717, 1.165) is 0 Å². The number of ether oxygens (including phenoxy) is 1. The molecule has 0 saturated heterocycles. The molecule has 0 spiro atoms. The molecular formula is C15H17FN2O3S. The Bertz CT molecular complexity index is 619. The third-order valence-electron chi connectivity index (χ3n) is 3.19. The van der Waals surface area contributed by atoms with Crippen LogP contribution in [0.3, 0.4) is 0 Å². The molecule has 1 aliphatic rings. The number of carbonyl (C=O) groups is 2. The van der Waals surface area contributed by atoms with Gasteiger partial charge in [0.25, 0.3) is 0 Å². The Kier molecular flexibility index (Phi) is 5.43. The van der Waals surface area contributed by atoms with Crippen LogP contribution in [0.5, 0.6) is 0 Å². The largest absolute Gasteiger partial charge is 0.461 e. The Morgan fingerprint density at radius 3 is 2.91 bits per heavy atom. The van der Waals surface area contributed by atoms with Crippen molar-refractivity contribution >= 4 is 23.8 Å². The first-order chi connectivity index (χ1) is 10.5. The number of hydrogen-bond acceptors (Lipinski definition) is 4. The zero-order valence-electron chi connectivity index (χ0n) is 12.3. The van der Waals surface area contributed by atoms with Gasteiger partial charge in [0, 0.05) is 11.4 Å². The number of esters is 1. The summed E-state index contributed by atoms with van der Waals surface area (Å²) in [6.07, 6.45) is 1.91. The average Bonchev–Trinajstić information content (AvgIpc) is 2.46. The van der Waals surface area contributed by atoms with Crippen molar-refractivity contribution in [3.05, 3.63) is 46.9 Å². The van der Waals surface area contributed by atoms with Gasteiger partial charge in [0.1, 0.15) is 12.4 Å². The van der Waals surface area contributed by atoms with Crippen molar-refractivity contribution in [1.82, 2.24) is 10.6 Å². The van der Waals surface area contributed by atoms with Gasteiger partial charge in [0.2, 0.25) is 0 Å². The highest BCUT2D eigenvalue weighted by molar-refractivity contribution is 7.98. The molecule has 7 heteroatoms. The molecule has 2 amide bonds. The number of nitrogens with one attached hydrogen (secondary N) is 2. The Morgan fingerprint density at radius 1 is 1.45 bits per heavy atom. The van der Waals surface area contributed by atoms with Crippen LogP contribution in [0.15, 0.2) is 35.5 Å². The van der Waals surface area contributed by atoms with Crippen LogP contribution < -0.4 is 10.6 Å². The summed E-state index contributed by atoms with van der Waals surface area (Å²) in [6, 6.07) is 4.61. The lowest BCUT2D eigenvalue weighted by Crippen LogP contribution is -2.45. The van der Waals surface area contributed by atoms with Crippen LogP contribution in [0.4, 0.5) is 9.18 Å². The van der Waals surface area contributed by atoms with Crippen molar-refractivity contribution in [2.75, 3.05) is 18.6 Å². The zero-order valence-corrected chi connectivity index (χ0v) is 13.1. The maximum Gasteiger partial charge on any atom is 0.338 e. The third kappa shape index (κ3) is 3.79. The summed E-state index contributed by atoms with van der Waals surface area (Å²) < 4.78 is 18.6. The molecule has 0 aliphatic carbocycles. The first-order valence-electron chi connectivity index (χ1n) is 6.72. The van der Waals surface area contributed by atoms with E-state index >= 15 is 0 Å². The van der Waals surface area contributed by atoms with Crippen molar-refractivity contribution in [2.24, 2.45) is 0 Å². The van der Waals surface area contributed by atoms with E-state index in [2.05, 4.69) is 10.6 Å². The number of hydrogen-bond donors (Lipinski definition) is 2. The van der Waals surface area contributed by atoms with Crippen LogP contribution in [0, 0.1) is 5.82 Å². The monoisotopic (exact) mass is 324 g/mol. The fourth-order valence-corrected chi connectivity index (χ4v) is 2.45. The maximum atomic E-state index is 13.4. The number of amides is 2. The van der Waals surface area contributed by atoms with E-state index < -0.39 is 23.9 Å². The smallest absolute Gasteiger partial charge is 0.338 e. The van der Waals surface area contributed by atoms with Crippen LogP contribution in [0.1, 0.15) is 18.5 Å². The molecule has 1 aromatic carbocycles. The van der Waals surface area contributed by atoms with E-state index in [1.54, 1.807) is 24.8 Å². The van der Waals surface area contributed by atoms with Gasteiger partial charge in [0.15, 0.2) is 0 Å². The molecular weight excluding hydrogens is 307 g/mol. The van der Waals surface area contributed by atoms with E-state index in [1.165, 1.54) is 18.2 Å². The fraction of sp³-hybridized carbons (Fsp3) is 0.333. The van der Waals surface area contributed by atoms with E-state index in [9.17, 15) is 14.0 Å². The molecule has 0 bridgehead atoms. The highest BCUT2D eigenvalue weighted by atomic mass is 32.2. The van der Waals surface area contributed by atoms with Gasteiger partial charge < -0.3 is 15.4 Å². The number of allylic oxidation sites excluding steroid dienone is 1. The number of urea groups is 1. The Balaban J connectivity index is 2.30. The minimum atomic E-state index is -0.730. The minimum Gasteiger partial charge on any atom is -0.461 e. The number of thioether (sulfide) groups is 1. The molecule has 1 aliphatic heterocycles. The summed E-state index contributed by atoms with van der Waals surface area (Å²) in [5, 5.41) is 5.18. The average molecular weight is 324 g/mol. The molecule has 0 radical (unpaired) electrons. The fourth-order valence-electron chi connectivity index (χ4n) is 2.20. The number of rotatable bonds is 5. The molecule has 22 heavy (non-hydrogen) atoms. The molecule has 1 aromatic rings. The second-order valence-electron chi connectivity index (χ2n) is 4.75. The second kappa shape index (κ2) is 7.31. The highest BCUT2D eigenvalue weighted by Gasteiger charge is 2.32. The molecule has 0 fully saturated rings. The molecule has 5 nitrogen and oxygen atoms in total. The summed E-state index contributed by atoms with van der Waals surface area (Å²) in [5.74, 6) is -0.269. The Morgan fingerprint density at radius 2 is 2.23 bits per heavy atom. The minimum absolute atomic E-state index is 0.278. The molecule has 1 heterocycles. The lowest BCUT2D eigenvalue weighted by atomic mass is 9.95. The summed E-state index contributed by atoms with van der Waals surface area (Å²) in [6.45, 7) is 1.90. The zero-order chi connectivity index (χ0) is 16.1. The lowest BCUT2D eigenvalue weighted by Gasteiger charge is -2.28. The summed E-state index contributed by atoms with van der Waals surface area (Å²) in [4.78, 5) is 23.9. The summed E-state index contributed by atoms with van der Waals surface area (Å²) in [5.41, 5.74) is 1.18. The van der Waals surface area contributed by atoms with Gasteiger partial charge in [-0.25, -0.2) is 14.0 Å². The molecule has 118 valence electrons. The van der Waals surface area contributed by atoms with E-state index in [0.29, 0.717) is 17.0 Å². The van der Waals surface area contributed by atoms with Crippen LogP contribution >= 0.6 is 11.8 Å². The topological polar surface area (TPSA) is 67.4 Å². The third-order valence-corrected chi connectivity index (χ3v) is 3.77. The standard InChI is InChI=1S/C15H17FN2O3S/c1-9-12(14(19)21-6-7-22-2)13(18-15(20)17-9)10-4-3-5-11(16)8-10/h3-5,8,13H,6-7H2,1-2H3,(H2,17,18,20)/t13-/m1/s1. The molecule has 0 saturated carbocycles. The second-order valence-corrected chi connectivity index (χ2v) is 5.74. The van der Waals surface area contributed by atoms with E-state index in [1.807, 2.05) is 6.26 Å². The predicted octanol–water partition coefficient (Wildman–Crippen LogP) is 2.36. The summed E-state index contributed by atoms with van der Waals surface area (Å²) >= 11 is 1.56. The SMILES string of the molecule is CSCCOC(=O)C1=C(C)NC(=O)N[C@@H]1c1cccc(F)c1. The van der Waals surface area contributed by atoms with Crippen molar-refractivity contribution in [1.29, 1.82) is 0 Å². The van der Waals surface area contributed by atoms with Gasteiger partial charge >= 0.3 is 12.0 Å². The van der Waals surface area contributed by atoms with Crippen LogP contribution in [0.25, 0.3) is 0 Å². The highest BCUT2D eigenvalue weighted by Crippen LogP contribution is 2.27. The molecule has 0 unspecified atom stereocenters. The van der Waals surface area contributed by atoms with Crippen molar-refractivity contribution < 1.29 is 18.7 Å². The molecule has 0 aromatic heterocycles. The van der Waals surface area contributed by atoms with Gasteiger partial charge in [-0.1, -0.05) is 12.1 Å². The van der Waals surface area contributed by atoms with Crippen molar-refractivity contribution in [3.63, 3.8) is 0 Å². The maximum absolute atomic E-state index is 13.4. The number of carbonyl (C=O) groups excluding carboxylic acids is 2. The normalized spacial score (nSPS) is 17.8. The van der Waals surface area contributed by atoms with Crippen molar-refractivity contribution in [3.8, 4) is 0 Å². The predicted molar refractivity (Wildman–Crippen MR) is 82.8 cm³/mol. The lowest BCUT2D eigenvalue weighted by molar-refractivity contribution is -0.138. The van der Waals surface area contributed by atoms with Crippen molar-refractivity contribution in [2.45, 2.75) is 13.0 Å². The molecule has 2 rings (SSSR count). The number of benzene rings is 1. The Hall–Kier alpha value is -2.02. The van der Waals surface area contributed by atoms with Gasteiger partial charge in [-0.3, -0.25) is 0 Å². The van der Waals surface area contributed by atoms with Crippen LogP contribution in [-0.4, -0.2) is 30.6 Å². The summed E-state index contributed by atoms with van der Waals surface area (Å²) in [7, 11) is 0. The Labute approximate surface area is 132 Å². The van der Waals surface area contributed by atoms with E-state index in [4.69, 9.17) is 4.74 Å². The quantitative estimate of drug-likeness (QED) is 0.644. The first-order valence-corrected chi connectivity index (χ1v) is 8.12. The van der Waals surface area contributed by atoms with Crippen LogP contribution in [-0.2, 0) is 9.53 Å². The van der Waals surface area contributed by atoms with Gasteiger partial charge in [-0.2, -0.15) is 11.8 Å².